The molecule has 0 saturated carbocycles. The summed E-state index contributed by atoms with van der Waals surface area (Å²) in [5.41, 5.74) is 4.60. The van der Waals surface area contributed by atoms with Crippen molar-refractivity contribution in [2.24, 2.45) is 0 Å². The highest BCUT2D eigenvalue weighted by Gasteiger charge is 2.14. The molecule has 1 amide bonds. The van der Waals surface area contributed by atoms with Crippen molar-refractivity contribution in [2.75, 3.05) is 12.3 Å². The van der Waals surface area contributed by atoms with Gasteiger partial charge in [-0.2, -0.15) is 0 Å². The highest BCUT2D eigenvalue weighted by Crippen LogP contribution is 2.29. The summed E-state index contributed by atoms with van der Waals surface area (Å²) in [6, 6.07) is 29.9. The zero-order valence-electron chi connectivity index (χ0n) is 16.9. The van der Waals surface area contributed by atoms with Gasteiger partial charge in [0.25, 0.3) is 0 Å². The van der Waals surface area contributed by atoms with Crippen LogP contribution in [0, 0.1) is 0 Å². The minimum atomic E-state index is -0.0436. The number of thioether (sulfide) groups is 1. The quantitative estimate of drug-likeness (QED) is 0.415. The molecule has 31 heavy (non-hydrogen) atoms. The molecule has 0 unspecified atom stereocenters. The second-order valence-corrected chi connectivity index (χ2v) is 7.84. The largest absolute Gasteiger partial charge is 0.355 e. The molecular weight excluding hydrogens is 404 g/mol. The van der Waals surface area contributed by atoms with E-state index in [4.69, 9.17) is 4.98 Å². The summed E-state index contributed by atoms with van der Waals surface area (Å²) >= 11 is 1.29. The van der Waals surface area contributed by atoms with Gasteiger partial charge in [0.05, 0.1) is 5.75 Å². The van der Waals surface area contributed by atoms with Crippen LogP contribution in [0.25, 0.3) is 22.5 Å². The maximum atomic E-state index is 12.2. The fraction of sp³-hybridized carbons (Fsp3) is 0.120. The molecule has 0 aliphatic heterocycles. The van der Waals surface area contributed by atoms with Gasteiger partial charge in [-0.3, -0.25) is 4.79 Å². The van der Waals surface area contributed by atoms with E-state index in [1.807, 2.05) is 78.9 Å². The van der Waals surface area contributed by atoms with Crippen molar-refractivity contribution >= 4 is 17.7 Å². The first-order chi connectivity index (χ1) is 15.3. The molecule has 0 aliphatic rings. The van der Waals surface area contributed by atoms with E-state index in [9.17, 15) is 4.79 Å². The van der Waals surface area contributed by atoms with Crippen LogP contribution >= 0.6 is 11.8 Å². The zero-order chi connectivity index (χ0) is 21.3. The first-order valence-corrected chi connectivity index (χ1v) is 11.1. The van der Waals surface area contributed by atoms with Crippen LogP contribution in [0.4, 0.5) is 0 Å². The average molecular weight is 427 g/mol. The lowest BCUT2D eigenvalue weighted by molar-refractivity contribution is -0.118. The lowest BCUT2D eigenvalue weighted by Crippen LogP contribution is -2.27. The third kappa shape index (κ3) is 5.77. The molecule has 6 heteroatoms. The fourth-order valence-corrected chi connectivity index (χ4v) is 3.75. The van der Waals surface area contributed by atoms with Gasteiger partial charge in [-0.05, 0) is 12.0 Å². The van der Waals surface area contributed by atoms with Crippen molar-refractivity contribution in [3.05, 3.63) is 96.6 Å². The number of hydrogen-bond donors (Lipinski definition) is 1. The zero-order valence-corrected chi connectivity index (χ0v) is 17.8. The Bertz CT molecular complexity index is 1120. The molecule has 3 aromatic carbocycles. The molecule has 0 aliphatic carbocycles. The van der Waals surface area contributed by atoms with E-state index in [0.29, 0.717) is 11.7 Å². The lowest BCUT2D eigenvalue weighted by atomic mass is 10.0. The molecule has 1 aromatic heterocycles. The van der Waals surface area contributed by atoms with Crippen LogP contribution in [0.1, 0.15) is 5.56 Å². The number of carbonyl (C=O) groups is 1. The van der Waals surface area contributed by atoms with E-state index >= 15 is 0 Å². The Kier molecular flexibility index (Phi) is 7.03. The Morgan fingerprint density at radius 1 is 0.742 bits per heavy atom. The second kappa shape index (κ2) is 10.5. The molecular formula is C25H22N4OS. The molecule has 1 N–H and O–H groups in total. The Balaban J connectivity index is 1.43. The minimum Gasteiger partial charge on any atom is -0.355 e. The van der Waals surface area contributed by atoms with Crippen molar-refractivity contribution in [3.63, 3.8) is 0 Å². The molecule has 0 fully saturated rings. The maximum Gasteiger partial charge on any atom is 0.230 e. The van der Waals surface area contributed by atoms with Crippen molar-refractivity contribution in [2.45, 2.75) is 11.6 Å². The summed E-state index contributed by atoms with van der Waals surface area (Å²) in [6.07, 6.45) is 0.805. The molecule has 4 aromatic rings. The molecule has 0 saturated heterocycles. The minimum absolute atomic E-state index is 0.0436. The van der Waals surface area contributed by atoms with Crippen molar-refractivity contribution in [1.29, 1.82) is 0 Å². The van der Waals surface area contributed by atoms with Crippen LogP contribution in [-0.4, -0.2) is 33.4 Å². The van der Waals surface area contributed by atoms with E-state index in [2.05, 4.69) is 27.6 Å². The van der Waals surface area contributed by atoms with E-state index in [0.717, 1.165) is 28.9 Å². The standard InChI is InChI=1S/C25H22N4OS/c30-22(26-17-16-19-10-4-1-5-11-19)18-31-25-27-23(20-12-6-2-7-13-20)24(28-29-25)21-14-8-3-9-15-21/h1-15H,16-18H2,(H,26,30). The molecule has 154 valence electrons. The number of nitrogens with one attached hydrogen (secondary N) is 1. The molecule has 5 nitrogen and oxygen atoms in total. The predicted octanol–water partition coefficient (Wildman–Crippen LogP) is 4.66. The number of rotatable bonds is 8. The van der Waals surface area contributed by atoms with Crippen LogP contribution in [0.15, 0.2) is 96.2 Å². The number of amides is 1. The van der Waals surface area contributed by atoms with Gasteiger partial charge in [-0.25, -0.2) is 4.98 Å². The Morgan fingerprint density at radius 2 is 1.32 bits per heavy atom. The van der Waals surface area contributed by atoms with Crippen LogP contribution in [-0.2, 0) is 11.2 Å². The van der Waals surface area contributed by atoms with Gasteiger partial charge < -0.3 is 5.32 Å². The maximum absolute atomic E-state index is 12.2. The van der Waals surface area contributed by atoms with Crippen LogP contribution in [0.3, 0.4) is 0 Å². The van der Waals surface area contributed by atoms with E-state index in [1.165, 1.54) is 17.3 Å². The number of hydrogen-bond acceptors (Lipinski definition) is 5. The lowest BCUT2D eigenvalue weighted by Gasteiger charge is -2.09. The average Bonchev–Trinajstić information content (AvgIpc) is 2.84. The van der Waals surface area contributed by atoms with Crippen LogP contribution < -0.4 is 5.32 Å². The smallest absolute Gasteiger partial charge is 0.230 e. The van der Waals surface area contributed by atoms with Crippen molar-refractivity contribution < 1.29 is 4.79 Å². The third-order valence-electron chi connectivity index (χ3n) is 4.67. The summed E-state index contributed by atoms with van der Waals surface area (Å²) in [5.74, 6) is 0.202. The van der Waals surface area contributed by atoms with Crippen molar-refractivity contribution in [1.82, 2.24) is 20.5 Å². The summed E-state index contributed by atoms with van der Waals surface area (Å²) in [4.78, 5) is 17.0. The van der Waals surface area contributed by atoms with Gasteiger partial charge in [0.1, 0.15) is 11.4 Å². The second-order valence-electron chi connectivity index (χ2n) is 6.90. The molecule has 0 spiro atoms. The normalized spacial score (nSPS) is 10.6. The first-order valence-electron chi connectivity index (χ1n) is 10.1. The number of carbonyl (C=O) groups excluding carboxylic acids is 1. The third-order valence-corrected chi connectivity index (χ3v) is 5.51. The topological polar surface area (TPSA) is 67.8 Å². The first kappa shape index (κ1) is 20.8. The van der Waals surface area contributed by atoms with Gasteiger partial charge in [-0.1, -0.05) is 103 Å². The van der Waals surface area contributed by atoms with Gasteiger partial charge in [-0.15, -0.1) is 10.2 Å². The SMILES string of the molecule is O=C(CSc1nnc(-c2ccccc2)c(-c2ccccc2)n1)NCCc1ccccc1. The van der Waals surface area contributed by atoms with Crippen LogP contribution in [0.5, 0.6) is 0 Å². The molecule has 0 atom stereocenters. The summed E-state index contributed by atoms with van der Waals surface area (Å²) in [6.45, 7) is 0.602. The van der Waals surface area contributed by atoms with E-state index in [-0.39, 0.29) is 11.7 Å². The number of nitrogens with zero attached hydrogens (tertiary/aromatic N) is 3. The van der Waals surface area contributed by atoms with Gasteiger partial charge >= 0.3 is 0 Å². The Hall–Kier alpha value is -3.51. The van der Waals surface area contributed by atoms with Gasteiger partial charge in [0, 0.05) is 17.7 Å². The molecule has 0 radical (unpaired) electrons. The van der Waals surface area contributed by atoms with E-state index in [1.54, 1.807) is 0 Å². The highest BCUT2D eigenvalue weighted by molar-refractivity contribution is 7.99. The predicted molar refractivity (Wildman–Crippen MR) is 125 cm³/mol. The highest BCUT2D eigenvalue weighted by atomic mass is 32.2. The monoisotopic (exact) mass is 426 g/mol. The molecule has 4 rings (SSSR count). The Labute approximate surface area is 186 Å². The fourth-order valence-electron chi connectivity index (χ4n) is 3.13. The summed E-state index contributed by atoms with van der Waals surface area (Å²) < 4.78 is 0. The summed E-state index contributed by atoms with van der Waals surface area (Å²) in [7, 11) is 0. The van der Waals surface area contributed by atoms with E-state index < -0.39 is 0 Å². The number of aromatic nitrogens is 3. The van der Waals surface area contributed by atoms with Gasteiger partial charge in [0.2, 0.25) is 11.1 Å². The molecule has 0 bridgehead atoms. The van der Waals surface area contributed by atoms with Crippen LogP contribution in [0.2, 0.25) is 0 Å². The van der Waals surface area contributed by atoms with Gasteiger partial charge in [0.15, 0.2) is 0 Å². The Morgan fingerprint density at radius 3 is 1.97 bits per heavy atom. The summed E-state index contributed by atoms with van der Waals surface area (Å²) in [5, 5.41) is 12.1. The number of benzene rings is 3. The van der Waals surface area contributed by atoms with Crippen molar-refractivity contribution in [3.8, 4) is 22.5 Å². The molecule has 1 heterocycles.